The van der Waals surface area contributed by atoms with Gasteiger partial charge in [0.2, 0.25) is 18.1 Å². The van der Waals surface area contributed by atoms with E-state index in [0.717, 1.165) is 30.3 Å². The topological polar surface area (TPSA) is 325 Å². The molecule has 0 spiro atoms. The largest absolute Gasteiger partial charge is 0.507 e. The first-order valence-corrected chi connectivity index (χ1v) is 15.4. The number of hydrogen-bond acceptors (Lipinski definition) is 18. The van der Waals surface area contributed by atoms with Crippen LogP contribution in [-0.2, 0) is 14.2 Å². The summed E-state index contributed by atoms with van der Waals surface area (Å²) >= 11 is 0. The lowest BCUT2D eigenvalue weighted by molar-refractivity contribution is -0.276. The lowest BCUT2D eigenvalue weighted by Gasteiger charge is -2.42. The summed E-state index contributed by atoms with van der Waals surface area (Å²) in [5.41, 5.74) is -1.29. The van der Waals surface area contributed by atoms with Crippen LogP contribution in [0.4, 0.5) is 0 Å². The van der Waals surface area contributed by atoms with Gasteiger partial charge in [-0.15, -0.1) is 0 Å². The van der Waals surface area contributed by atoms with Gasteiger partial charge >= 0.3 is 23.3 Å². The minimum atomic E-state index is -2.08. The van der Waals surface area contributed by atoms with Crippen LogP contribution < -0.4 is 4.74 Å². The Morgan fingerprint density at radius 2 is 1.20 bits per heavy atom. The molecule has 2 unspecified atom stereocenters. The number of phenolic OH excluding ortho intramolecular Hbond substituents is 10. The third kappa shape index (κ3) is 6.91. The van der Waals surface area contributed by atoms with Gasteiger partial charge in [-0.2, -0.15) is 0 Å². The van der Waals surface area contributed by atoms with Gasteiger partial charge in [-0.25, -0.2) is 14.0 Å². The molecule has 54 heavy (non-hydrogen) atoms. The number of carbonyl (C=O) groups is 2. The van der Waals surface area contributed by atoms with Crippen LogP contribution in [0.1, 0.15) is 20.7 Å². The summed E-state index contributed by atoms with van der Waals surface area (Å²) in [6.07, 6.45) is -9.86. The van der Waals surface area contributed by atoms with E-state index in [1.165, 1.54) is 6.07 Å². The van der Waals surface area contributed by atoms with Crippen molar-refractivity contribution in [2.45, 2.75) is 30.7 Å². The number of rotatable bonds is 8. The van der Waals surface area contributed by atoms with E-state index in [1.807, 2.05) is 0 Å². The van der Waals surface area contributed by atoms with Crippen molar-refractivity contribution in [3.05, 3.63) is 71.8 Å². The molecular weight excluding hydrogens is 724 g/mol. The molecule has 19 heteroatoms. The van der Waals surface area contributed by atoms with Crippen LogP contribution in [0.5, 0.6) is 63.2 Å². The average molecular weight is 754 g/mol. The lowest BCUT2D eigenvalue weighted by atomic mass is 9.98. The number of aromatic hydroxyl groups is 10. The number of aliphatic hydroxyl groups excluding tert-OH is 2. The van der Waals surface area contributed by atoms with Crippen LogP contribution in [0.2, 0.25) is 0 Å². The molecule has 0 radical (unpaired) electrons. The van der Waals surface area contributed by atoms with Crippen LogP contribution in [0.25, 0.3) is 22.3 Å². The average Bonchev–Trinajstić information content (AvgIpc) is 3.12. The van der Waals surface area contributed by atoms with Gasteiger partial charge < -0.3 is 80.2 Å². The predicted octanol–water partition coefficient (Wildman–Crippen LogP) is 2.35. The van der Waals surface area contributed by atoms with E-state index >= 15 is 0 Å². The lowest BCUT2D eigenvalue weighted by Crippen LogP contribution is -2.62. The van der Waals surface area contributed by atoms with Crippen LogP contribution in [0.3, 0.4) is 0 Å². The molecule has 0 saturated carbocycles. The molecule has 6 rings (SSSR count). The molecular formula is C35H29O19+. The maximum atomic E-state index is 13.5. The summed E-state index contributed by atoms with van der Waals surface area (Å²) in [6.45, 7) is -0.975. The Morgan fingerprint density at radius 3 is 1.74 bits per heavy atom. The summed E-state index contributed by atoms with van der Waals surface area (Å²) < 4.78 is 28.8. The van der Waals surface area contributed by atoms with Gasteiger partial charge in [0, 0.05) is 18.2 Å². The highest BCUT2D eigenvalue weighted by Crippen LogP contribution is 2.43. The minimum Gasteiger partial charge on any atom is -0.507 e. The van der Waals surface area contributed by atoms with Crippen molar-refractivity contribution in [1.82, 2.24) is 0 Å². The van der Waals surface area contributed by atoms with E-state index in [1.54, 1.807) is 0 Å². The van der Waals surface area contributed by atoms with E-state index < -0.39 is 118 Å². The minimum absolute atomic E-state index is 0.0121. The molecule has 19 nitrogen and oxygen atoms in total. The molecule has 1 aliphatic rings. The third-order valence-corrected chi connectivity index (χ3v) is 8.19. The molecule has 1 saturated heterocycles. The number of esters is 2. The van der Waals surface area contributed by atoms with Gasteiger partial charge in [0.25, 0.3) is 0 Å². The van der Waals surface area contributed by atoms with E-state index in [9.17, 15) is 70.9 Å². The Kier molecular flexibility index (Phi) is 9.61. The molecule has 0 bridgehead atoms. The van der Waals surface area contributed by atoms with Crippen molar-refractivity contribution in [1.29, 1.82) is 0 Å². The second-order valence-corrected chi connectivity index (χ2v) is 11.8. The highest BCUT2D eigenvalue weighted by Gasteiger charge is 2.52. The fourth-order valence-corrected chi connectivity index (χ4v) is 5.49. The van der Waals surface area contributed by atoms with Gasteiger partial charge in [0.05, 0.1) is 29.4 Å². The molecule has 0 aliphatic carbocycles. The van der Waals surface area contributed by atoms with E-state index in [0.29, 0.717) is 24.3 Å². The first-order valence-electron chi connectivity index (χ1n) is 15.4. The van der Waals surface area contributed by atoms with Crippen molar-refractivity contribution in [3.8, 4) is 74.6 Å². The van der Waals surface area contributed by atoms with Gasteiger partial charge in [-0.1, -0.05) is 0 Å². The standard InChI is InChI=1S/C35H28O19/c36-11-26-29(47)31(53-33(48)13-4-20(41)27(45)21(42)5-13)32(54-34(49)14-6-22(43)28(46)23(44)7-14)35(52-26)51-25-10-16-18(39)8-15(37)9-24(16)50-30(25)12-1-2-17(38)19(40)3-12/h1-10,26,29,31-32,35-36,47H,11H2,(H9-,37,38,39,40,41,42,43,44,45,46,48,49)/p+1/t26?,29-,31+,32?,35-/m1/s1. The van der Waals surface area contributed by atoms with Crippen LogP contribution in [0.15, 0.2) is 65.1 Å². The first-order chi connectivity index (χ1) is 25.6. The zero-order valence-electron chi connectivity index (χ0n) is 27.1. The summed E-state index contributed by atoms with van der Waals surface area (Å²) in [7, 11) is 0. The van der Waals surface area contributed by atoms with Gasteiger partial charge in [-0.05, 0) is 36.4 Å². The van der Waals surface area contributed by atoms with Crippen LogP contribution in [0, 0.1) is 0 Å². The molecule has 2 heterocycles. The number of benzene rings is 4. The quantitative estimate of drug-likeness (QED) is 0.0614. The van der Waals surface area contributed by atoms with E-state index in [2.05, 4.69) is 0 Å². The predicted molar refractivity (Wildman–Crippen MR) is 176 cm³/mol. The monoisotopic (exact) mass is 753 g/mol. The Hall–Kier alpha value is -7.09. The van der Waals surface area contributed by atoms with Crippen LogP contribution in [-0.4, -0.2) is 111 Å². The Labute approximate surface area is 300 Å². The Balaban J connectivity index is 1.48. The Bertz CT molecular complexity index is 2240. The molecule has 5 atom stereocenters. The number of ether oxygens (including phenoxy) is 4. The van der Waals surface area contributed by atoms with Gasteiger partial charge in [0.1, 0.15) is 29.1 Å². The second-order valence-electron chi connectivity index (χ2n) is 11.8. The number of aliphatic hydroxyl groups is 2. The molecule has 1 aliphatic heterocycles. The van der Waals surface area contributed by atoms with Crippen LogP contribution >= 0.6 is 0 Å². The van der Waals surface area contributed by atoms with Crippen molar-refractivity contribution in [2.75, 3.05) is 6.61 Å². The summed E-state index contributed by atoms with van der Waals surface area (Å²) in [6, 6.07) is 9.44. The molecule has 4 aromatic carbocycles. The maximum absolute atomic E-state index is 13.5. The number of phenols is 10. The van der Waals surface area contributed by atoms with Crippen molar-refractivity contribution in [2.24, 2.45) is 0 Å². The maximum Gasteiger partial charge on any atom is 0.402 e. The molecule has 1 aromatic heterocycles. The summed E-state index contributed by atoms with van der Waals surface area (Å²) in [5.74, 6) is -11.3. The SMILES string of the molecule is O=C(OC1[C@H](Oc2cc3c(O)cc(O)cc3[o+]c2-c2ccc(O)c(O)c2)OC(CO)[C@@H](O)[C@@H]1OC(=O)c1cc(O)c(O)c(O)c1)c1cc(O)c(O)c(O)c1. The smallest absolute Gasteiger partial charge is 0.402 e. The second kappa shape index (κ2) is 14.1. The van der Waals surface area contributed by atoms with Crippen molar-refractivity contribution < 1.29 is 94.2 Å². The Morgan fingerprint density at radius 1 is 0.648 bits per heavy atom. The van der Waals surface area contributed by atoms with Crippen molar-refractivity contribution >= 4 is 22.9 Å². The molecule has 282 valence electrons. The van der Waals surface area contributed by atoms with Gasteiger partial charge in [0.15, 0.2) is 52.1 Å². The highest BCUT2D eigenvalue weighted by atomic mass is 16.7. The molecule has 1 fully saturated rings. The fraction of sp³-hybridized carbons (Fsp3) is 0.171. The first kappa shape index (κ1) is 36.7. The van der Waals surface area contributed by atoms with Crippen molar-refractivity contribution in [3.63, 3.8) is 0 Å². The highest BCUT2D eigenvalue weighted by molar-refractivity contribution is 5.92. The number of carbonyl (C=O) groups excluding carboxylic acids is 2. The van der Waals surface area contributed by atoms with Gasteiger partial charge in [-0.3, -0.25) is 0 Å². The zero-order chi connectivity index (χ0) is 39.2. The molecule has 0 amide bonds. The molecule has 12 N–H and O–H groups in total. The van der Waals surface area contributed by atoms with E-state index in [-0.39, 0.29) is 28.0 Å². The third-order valence-electron chi connectivity index (χ3n) is 8.19. The number of hydrogen-bond donors (Lipinski definition) is 12. The normalized spacial score (nSPS) is 19.6. The fourth-order valence-electron chi connectivity index (χ4n) is 5.49. The zero-order valence-corrected chi connectivity index (χ0v) is 27.1. The van der Waals surface area contributed by atoms with E-state index in [4.69, 9.17) is 23.4 Å². The number of fused-ring (bicyclic) bond motifs is 1. The summed E-state index contributed by atoms with van der Waals surface area (Å²) in [5, 5.41) is 122. The molecule has 5 aromatic rings. The summed E-state index contributed by atoms with van der Waals surface area (Å²) in [4.78, 5) is 26.8.